The topological polar surface area (TPSA) is 35.6 Å². The molecule has 1 aromatic rings. The predicted octanol–water partition coefficient (Wildman–Crippen LogP) is 2.50. The van der Waals surface area contributed by atoms with Crippen molar-refractivity contribution >= 4 is 17.5 Å². The van der Waals surface area contributed by atoms with Crippen LogP contribution in [0.1, 0.15) is 32.5 Å². The molecule has 0 aromatic heterocycles. The van der Waals surface area contributed by atoms with Crippen LogP contribution >= 0.6 is 11.6 Å². The minimum Gasteiger partial charge on any atom is -0.320 e. The van der Waals surface area contributed by atoms with Crippen molar-refractivity contribution in [3.8, 4) is 0 Å². The van der Waals surface area contributed by atoms with Crippen molar-refractivity contribution in [2.24, 2.45) is 0 Å². The van der Waals surface area contributed by atoms with Crippen molar-refractivity contribution in [1.82, 2.24) is 15.1 Å². The molecule has 1 aliphatic heterocycles. The molecule has 2 rings (SSSR count). The fraction of sp³-hybridized carbons (Fsp3) is 0.562. The second kappa shape index (κ2) is 5.95. The summed E-state index contributed by atoms with van der Waals surface area (Å²) in [5, 5.41) is 4.07. The van der Waals surface area contributed by atoms with Gasteiger partial charge in [0.1, 0.15) is 6.17 Å². The summed E-state index contributed by atoms with van der Waals surface area (Å²) in [4.78, 5) is 16.5. The molecule has 1 amide bonds. The molecule has 0 saturated carbocycles. The van der Waals surface area contributed by atoms with Crippen LogP contribution in [0.25, 0.3) is 0 Å². The zero-order valence-corrected chi connectivity index (χ0v) is 14.1. The quantitative estimate of drug-likeness (QED) is 0.928. The highest BCUT2D eigenvalue weighted by Crippen LogP contribution is 2.28. The Labute approximate surface area is 132 Å². The molecule has 1 aliphatic rings. The number of hydrogen-bond donors (Lipinski definition) is 1. The van der Waals surface area contributed by atoms with Crippen LogP contribution in [0.4, 0.5) is 0 Å². The van der Waals surface area contributed by atoms with Gasteiger partial charge in [-0.3, -0.25) is 10.1 Å². The summed E-state index contributed by atoms with van der Waals surface area (Å²) in [6.07, 6.45) is -0.0935. The number of benzene rings is 1. The fourth-order valence-electron chi connectivity index (χ4n) is 2.42. The summed E-state index contributed by atoms with van der Waals surface area (Å²) in [5.41, 5.74) is 0.971. The highest BCUT2D eigenvalue weighted by Gasteiger charge is 2.40. The Balaban J connectivity index is 2.27. The lowest BCUT2D eigenvalue weighted by Crippen LogP contribution is -2.49. The first kappa shape index (κ1) is 16.3. The third-order valence-electron chi connectivity index (χ3n) is 4.33. The number of nitrogens with zero attached hydrogens (tertiary/aromatic N) is 2. The molecule has 5 heteroatoms. The summed E-state index contributed by atoms with van der Waals surface area (Å²) >= 11 is 5.95. The molecule has 0 spiro atoms. The van der Waals surface area contributed by atoms with Gasteiger partial charge in [0.15, 0.2) is 0 Å². The maximum atomic E-state index is 12.5. The Hall–Kier alpha value is -1.10. The molecule has 4 nitrogen and oxygen atoms in total. The second-order valence-corrected chi connectivity index (χ2v) is 6.95. The molecule has 1 aromatic carbocycles. The molecule has 0 radical (unpaired) electrons. The van der Waals surface area contributed by atoms with Crippen molar-refractivity contribution in [3.05, 3.63) is 34.9 Å². The number of likely N-dealkylation sites (N-methyl/N-ethyl adjacent to an activating group) is 1. The molecule has 21 heavy (non-hydrogen) atoms. The zero-order valence-electron chi connectivity index (χ0n) is 13.4. The number of amides is 1. The van der Waals surface area contributed by atoms with E-state index in [2.05, 4.69) is 24.1 Å². The molecule has 1 N–H and O–H groups in total. The number of halogens is 1. The smallest absolute Gasteiger partial charge is 0.241 e. The molecule has 0 bridgehead atoms. The normalized spacial score (nSPS) is 23.2. The van der Waals surface area contributed by atoms with Gasteiger partial charge in [-0.25, -0.2) is 0 Å². The first-order chi connectivity index (χ1) is 9.72. The van der Waals surface area contributed by atoms with Crippen LogP contribution in [0.5, 0.6) is 0 Å². The third kappa shape index (κ3) is 3.39. The van der Waals surface area contributed by atoms with E-state index < -0.39 is 0 Å². The van der Waals surface area contributed by atoms with Crippen molar-refractivity contribution in [3.63, 3.8) is 0 Å². The number of carbonyl (C=O) groups is 1. The van der Waals surface area contributed by atoms with Gasteiger partial charge in [0.25, 0.3) is 0 Å². The van der Waals surface area contributed by atoms with Gasteiger partial charge in [0, 0.05) is 17.1 Å². The van der Waals surface area contributed by atoms with E-state index in [9.17, 15) is 4.79 Å². The second-order valence-electron chi connectivity index (χ2n) is 6.52. The number of nitrogens with one attached hydrogen (secondary N) is 1. The minimum atomic E-state index is -0.163. The van der Waals surface area contributed by atoms with E-state index in [4.69, 9.17) is 11.6 Å². The maximum Gasteiger partial charge on any atom is 0.241 e. The average molecular weight is 310 g/mol. The minimum absolute atomic E-state index is 0.0912. The lowest BCUT2D eigenvalue weighted by atomic mass is 10.0. The lowest BCUT2D eigenvalue weighted by molar-refractivity contribution is -0.131. The first-order valence-electron chi connectivity index (χ1n) is 7.22. The molecular weight excluding hydrogens is 286 g/mol. The maximum absolute atomic E-state index is 12.5. The Bertz CT molecular complexity index is 513. The number of rotatable bonds is 4. The van der Waals surface area contributed by atoms with Crippen LogP contribution in [-0.2, 0) is 4.79 Å². The standard InChI is InChI=1S/C16H24ClN3O/c1-11-15(21)20(10-16(2,3)19(4)5)14(18-11)12-6-8-13(17)9-7-12/h6-9,11,14,18H,10H2,1-5H3. The van der Waals surface area contributed by atoms with E-state index in [1.54, 1.807) is 0 Å². The highest BCUT2D eigenvalue weighted by molar-refractivity contribution is 6.30. The van der Waals surface area contributed by atoms with Gasteiger partial charge in [-0.05, 0) is 52.6 Å². The molecule has 1 fully saturated rings. The van der Waals surface area contributed by atoms with Crippen LogP contribution < -0.4 is 5.32 Å². The van der Waals surface area contributed by atoms with Crippen molar-refractivity contribution < 1.29 is 4.79 Å². The van der Waals surface area contributed by atoms with E-state index in [0.717, 1.165) is 5.56 Å². The van der Waals surface area contributed by atoms with Crippen LogP contribution in [0, 0.1) is 0 Å². The monoisotopic (exact) mass is 309 g/mol. The molecule has 2 atom stereocenters. The van der Waals surface area contributed by atoms with Crippen molar-refractivity contribution in [2.75, 3.05) is 20.6 Å². The van der Waals surface area contributed by atoms with Gasteiger partial charge < -0.3 is 9.80 Å². The van der Waals surface area contributed by atoms with Gasteiger partial charge >= 0.3 is 0 Å². The lowest BCUT2D eigenvalue weighted by Gasteiger charge is -2.38. The molecule has 0 aliphatic carbocycles. The largest absolute Gasteiger partial charge is 0.320 e. The predicted molar refractivity (Wildman–Crippen MR) is 86.3 cm³/mol. The summed E-state index contributed by atoms with van der Waals surface area (Å²) in [6, 6.07) is 7.51. The van der Waals surface area contributed by atoms with E-state index >= 15 is 0 Å². The van der Waals surface area contributed by atoms with E-state index in [0.29, 0.717) is 11.6 Å². The van der Waals surface area contributed by atoms with Crippen molar-refractivity contribution in [1.29, 1.82) is 0 Å². The van der Waals surface area contributed by atoms with Gasteiger partial charge in [0.2, 0.25) is 5.91 Å². The summed E-state index contributed by atoms with van der Waals surface area (Å²) in [5.74, 6) is 0.143. The third-order valence-corrected chi connectivity index (χ3v) is 4.58. The first-order valence-corrected chi connectivity index (χ1v) is 7.59. The van der Waals surface area contributed by atoms with Gasteiger partial charge in [-0.1, -0.05) is 23.7 Å². The van der Waals surface area contributed by atoms with Gasteiger partial charge in [-0.2, -0.15) is 0 Å². The van der Waals surface area contributed by atoms with Gasteiger partial charge in [0.05, 0.1) is 6.04 Å². The Morgan fingerprint density at radius 2 is 1.86 bits per heavy atom. The van der Waals surface area contributed by atoms with Crippen LogP contribution in [0.2, 0.25) is 5.02 Å². The van der Waals surface area contributed by atoms with Gasteiger partial charge in [-0.15, -0.1) is 0 Å². The van der Waals surface area contributed by atoms with Crippen LogP contribution in [0.15, 0.2) is 24.3 Å². The van der Waals surface area contributed by atoms with E-state index in [1.807, 2.05) is 50.2 Å². The molecule has 1 saturated heterocycles. The van der Waals surface area contributed by atoms with Crippen LogP contribution in [0.3, 0.4) is 0 Å². The highest BCUT2D eigenvalue weighted by atomic mass is 35.5. The SMILES string of the molecule is CC1NC(c2ccc(Cl)cc2)N(CC(C)(C)N(C)C)C1=O. The summed E-state index contributed by atoms with van der Waals surface area (Å²) in [6.45, 7) is 6.86. The number of hydrogen-bond acceptors (Lipinski definition) is 3. The Kier molecular flexibility index (Phi) is 4.61. The van der Waals surface area contributed by atoms with Crippen LogP contribution in [-0.4, -0.2) is 47.9 Å². The average Bonchev–Trinajstić information content (AvgIpc) is 2.67. The molecule has 1 heterocycles. The van der Waals surface area contributed by atoms with Crippen molar-refractivity contribution in [2.45, 2.75) is 38.5 Å². The Morgan fingerprint density at radius 3 is 2.38 bits per heavy atom. The fourth-order valence-corrected chi connectivity index (χ4v) is 2.55. The zero-order chi connectivity index (χ0) is 15.8. The number of carbonyl (C=O) groups excluding carboxylic acids is 1. The summed E-state index contributed by atoms with van der Waals surface area (Å²) < 4.78 is 0. The van der Waals surface area contributed by atoms with E-state index in [1.165, 1.54) is 0 Å². The molecular formula is C16H24ClN3O. The molecule has 2 unspecified atom stereocenters. The van der Waals surface area contributed by atoms with E-state index in [-0.39, 0.29) is 23.7 Å². The molecule has 116 valence electrons. The Morgan fingerprint density at radius 1 is 1.29 bits per heavy atom. The summed E-state index contributed by atoms with van der Waals surface area (Å²) in [7, 11) is 4.07.